The van der Waals surface area contributed by atoms with Crippen LogP contribution in [0.25, 0.3) is 0 Å². The summed E-state index contributed by atoms with van der Waals surface area (Å²) in [7, 11) is 3.89. The lowest BCUT2D eigenvalue weighted by atomic mass is 9.88. The van der Waals surface area contributed by atoms with Crippen molar-refractivity contribution >= 4 is 11.8 Å². The first kappa shape index (κ1) is 23.3. The van der Waals surface area contributed by atoms with Crippen molar-refractivity contribution in [1.29, 1.82) is 0 Å². The topological polar surface area (TPSA) is 52.7 Å². The number of hydrogen-bond acceptors (Lipinski definition) is 3. The lowest BCUT2D eigenvalue weighted by molar-refractivity contribution is -0.133. The van der Waals surface area contributed by atoms with Crippen molar-refractivity contribution in [2.24, 2.45) is 5.92 Å². The standard InChI is InChI=1S/C22H33F2N3O2/c1-16(28)25-20(22-18(23)10-7-11-19(22)24)14-21(29)27(13-12-26(2)3)15-17-8-5-4-6-9-17/h7,10-11,17,20H,4-6,8-9,12-15H2,1-3H3,(H,25,28). The van der Waals surface area contributed by atoms with Gasteiger partial charge in [0.2, 0.25) is 11.8 Å². The van der Waals surface area contributed by atoms with E-state index in [4.69, 9.17) is 0 Å². The van der Waals surface area contributed by atoms with Crippen molar-refractivity contribution < 1.29 is 18.4 Å². The fourth-order valence-electron chi connectivity index (χ4n) is 3.94. The van der Waals surface area contributed by atoms with Gasteiger partial charge in [-0.05, 0) is 45.0 Å². The van der Waals surface area contributed by atoms with Crippen LogP contribution < -0.4 is 5.32 Å². The number of nitrogens with zero attached hydrogens (tertiary/aromatic N) is 2. The highest BCUT2D eigenvalue weighted by Gasteiger charge is 2.27. The molecule has 0 aromatic heterocycles. The van der Waals surface area contributed by atoms with Gasteiger partial charge in [0.05, 0.1) is 12.5 Å². The Kier molecular flexibility index (Phi) is 9.01. The highest BCUT2D eigenvalue weighted by Crippen LogP contribution is 2.27. The van der Waals surface area contributed by atoms with Crippen LogP contribution in [0.15, 0.2) is 18.2 Å². The van der Waals surface area contributed by atoms with Crippen LogP contribution in [0.4, 0.5) is 8.78 Å². The zero-order valence-electron chi connectivity index (χ0n) is 17.7. The van der Waals surface area contributed by atoms with E-state index in [1.807, 2.05) is 19.0 Å². The normalized spacial score (nSPS) is 15.9. The third-order valence-electron chi connectivity index (χ3n) is 5.48. The van der Waals surface area contributed by atoms with E-state index in [-0.39, 0.29) is 17.9 Å². The fourth-order valence-corrected chi connectivity index (χ4v) is 3.94. The van der Waals surface area contributed by atoms with Crippen molar-refractivity contribution in [1.82, 2.24) is 15.1 Å². The molecule has 1 aromatic rings. The Bertz CT molecular complexity index is 670. The number of benzene rings is 1. The molecule has 1 aliphatic carbocycles. The lowest BCUT2D eigenvalue weighted by Crippen LogP contribution is -2.42. The average molecular weight is 410 g/mol. The zero-order chi connectivity index (χ0) is 21.4. The van der Waals surface area contributed by atoms with E-state index in [9.17, 15) is 18.4 Å². The molecule has 0 heterocycles. The van der Waals surface area contributed by atoms with Crippen molar-refractivity contribution in [2.45, 2.75) is 51.5 Å². The van der Waals surface area contributed by atoms with Crippen LogP contribution in [-0.4, -0.2) is 55.3 Å². The van der Waals surface area contributed by atoms with E-state index in [0.717, 1.165) is 25.0 Å². The van der Waals surface area contributed by atoms with Crippen LogP contribution in [-0.2, 0) is 9.59 Å². The predicted octanol–water partition coefficient (Wildman–Crippen LogP) is 3.50. The summed E-state index contributed by atoms with van der Waals surface area (Å²) in [5.74, 6) is -1.69. The first-order valence-electron chi connectivity index (χ1n) is 10.4. The number of carbonyl (C=O) groups excluding carboxylic acids is 2. The molecule has 0 radical (unpaired) electrons. The van der Waals surface area contributed by atoms with E-state index in [1.54, 1.807) is 4.90 Å². The van der Waals surface area contributed by atoms with Crippen LogP contribution in [0.5, 0.6) is 0 Å². The quantitative estimate of drug-likeness (QED) is 0.679. The Morgan fingerprint density at radius 2 is 1.72 bits per heavy atom. The Hall–Kier alpha value is -2.02. The Balaban J connectivity index is 2.18. The number of nitrogens with one attached hydrogen (secondary N) is 1. The molecule has 1 aliphatic rings. The third kappa shape index (κ3) is 7.38. The molecule has 0 aliphatic heterocycles. The molecule has 29 heavy (non-hydrogen) atoms. The Morgan fingerprint density at radius 3 is 2.28 bits per heavy atom. The van der Waals surface area contributed by atoms with Crippen LogP contribution in [0.3, 0.4) is 0 Å². The van der Waals surface area contributed by atoms with Crippen LogP contribution in [0.1, 0.15) is 57.1 Å². The zero-order valence-corrected chi connectivity index (χ0v) is 17.7. The van der Waals surface area contributed by atoms with Crippen molar-refractivity contribution in [3.05, 3.63) is 35.4 Å². The molecular formula is C22H33F2N3O2. The Morgan fingerprint density at radius 1 is 1.10 bits per heavy atom. The molecule has 0 saturated heterocycles. The van der Waals surface area contributed by atoms with Crippen LogP contribution in [0.2, 0.25) is 0 Å². The SMILES string of the molecule is CC(=O)NC(CC(=O)N(CCN(C)C)CC1CCCCC1)c1c(F)cccc1F. The average Bonchev–Trinajstić information content (AvgIpc) is 2.65. The maximum absolute atomic E-state index is 14.3. The van der Waals surface area contributed by atoms with Gasteiger partial charge in [0.25, 0.3) is 0 Å². The van der Waals surface area contributed by atoms with Crippen LogP contribution in [0, 0.1) is 17.6 Å². The first-order chi connectivity index (χ1) is 13.8. The second-order valence-electron chi connectivity index (χ2n) is 8.24. The molecule has 5 nitrogen and oxygen atoms in total. The maximum atomic E-state index is 14.3. The minimum Gasteiger partial charge on any atom is -0.349 e. The largest absolute Gasteiger partial charge is 0.349 e. The van der Waals surface area contributed by atoms with Crippen molar-refractivity contribution in [3.8, 4) is 0 Å². The summed E-state index contributed by atoms with van der Waals surface area (Å²) in [4.78, 5) is 28.6. The minimum atomic E-state index is -1.03. The number of hydrogen-bond donors (Lipinski definition) is 1. The van der Waals surface area contributed by atoms with E-state index in [2.05, 4.69) is 5.32 Å². The number of amides is 2. The molecule has 7 heteroatoms. The minimum absolute atomic E-state index is 0.169. The van der Waals surface area contributed by atoms with Gasteiger partial charge in [-0.1, -0.05) is 25.3 Å². The van der Waals surface area contributed by atoms with Gasteiger partial charge in [0.15, 0.2) is 0 Å². The molecule has 1 saturated carbocycles. The summed E-state index contributed by atoms with van der Waals surface area (Å²) < 4.78 is 28.6. The maximum Gasteiger partial charge on any atom is 0.225 e. The molecule has 1 atom stereocenters. The highest BCUT2D eigenvalue weighted by atomic mass is 19.1. The van der Waals surface area contributed by atoms with Gasteiger partial charge in [-0.25, -0.2) is 8.78 Å². The summed E-state index contributed by atoms with van der Waals surface area (Å²) in [5, 5.41) is 2.56. The summed E-state index contributed by atoms with van der Waals surface area (Å²) in [6, 6.07) is 2.52. The third-order valence-corrected chi connectivity index (χ3v) is 5.48. The Labute approximate surface area is 172 Å². The second-order valence-corrected chi connectivity index (χ2v) is 8.24. The van der Waals surface area contributed by atoms with E-state index in [1.165, 1.54) is 32.3 Å². The fraction of sp³-hybridized carbons (Fsp3) is 0.636. The van der Waals surface area contributed by atoms with E-state index >= 15 is 0 Å². The van der Waals surface area contributed by atoms with Gasteiger partial charge in [0.1, 0.15) is 11.6 Å². The number of likely N-dealkylation sites (N-methyl/N-ethyl adjacent to an activating group) is 1. The van der Waals surface area contributed by atoms with Gasteiger partial charge in [-0.3, -0.25) is 9.59 Å². The smallest absolute Gasteiger partial charge is 0.225 e. The van der Waals surface area contributed by atoms with Crippen molar-refractivity contribution in [3.63, 3.8) is 0 Å². The summed E-state index contributed by atoms with van der Waals surface area (Å²) in [6.45, 7) is 3.19. The lowest BCUT2D eigenvalue weighted by Gasteiger charge is -2.32. The monoisotopic (exact) mass is 409 g/mol. The molecule has 1 fully saturated rings. The molecular weight excluding hydrogens is 376 g/mol. The highest BCUT2D eigenvalue weighted by molar-refractivity contribution is 5.79. The predicted molar refractivity (Wildman–Crippen MR) is 109 cm³/mol. The van der Waals surface area contributed by atoms with E-state index < -0.39 is 23.6 Å². The van der Waals surface area contributed by atoms with Gasteiger partial charge in [-0.15, -0.1) is 0 Å². The van der Waals surface area contributed by atoms with Crippen molar-refractivity contribution in [2.75, 3.05) is 33.7 Å². The number of carbonyl (C=O) groups is 2. The van der Waals surface area contributed by atoms with Gasteiger partial charge < -0.3 is 15.1 Å². The number of halogens is 2. The number of rotatable bonds is 9. The first-order valence-corrected chi connectivity index (χ1v) is 10.4. The molecule has 1 unspecified atom stereocenters. The van der Waals surface area contributed by atoms with Crippen LogP contribution >= 0.6 is 0 Å². The van der Waals surface area contributed by atoms with Gasteiger partial charge in [-0.2, -0.15) is 0 Å². The second kappa shape index (κ2) is 11.2. The summed E-state index contributed by atoms with van der Waals surface area (Å²) in [5.41, 5.74) is -0.263. The van der Waals surface area contributed by atoms with E-state index in [0.29, 0.717) is 25.6 Å². The summed E-state index contributed by atoms with van der Waals surface area (Å²) in [6.07, 6.45) is 5.62. The molecule has 0 bridgehead atoms. The molecule has 2 amide bonds. The molecule has 2 rings (SSSR count). The summed E-state index contributed by atoms with van der Waals surface area (Å²) >= 11 is 0. The molecule has 1 aromatic carbocycles. The van der Waals surface area contributed by atoms with Gasteiger partial charge in [0, 0.05) is 32.1 Å². The molecule has 0 spiro atoms. The van der Waals surface area contributed by atoms with Gasteiger partial charge >= 0.3 is 0 Å². The molecule has 162 valence electrons. The molecule has 1 N–H and O–H groups in total.